The number of hydrogen-bond acceptors (Lipinski definition) is 6. The topological polar surface area (TPSA) is 95.2 Å². The van der Waals surface area contributed by atoms with Gasteiger partial charge in [0.25, 0.3) is 11.6 Å². The summed E-state index contributed by atoms with van der Waals surface area (Å²) in [5, 5.41) is 18.6. The van der Waals surface area contributed by atoms with Crippen LogP contribution >= 0.6 is 0 Å². The number of furan rings is 1. The third-order valence-electron chi connectivity index (χ3n) is 2.80. The lowest BCUT2D eigenvalue weighted by Crippen LogP contribution is -1.91. The second kappa shape index (κ2) is 4.61. The molecule has 2 heterocycles. The van der Waals surface area contributed by atoms with Crippen LogP contribution in [0.3, 0.4) is 0 Å². The minimum atomic E-state index is -0.429. The van der Waals surface area contributed by atoms with Crippen LogP contribution in [0.15, 0.2) is 45.4 Å². The molecule has 0 amide bonds. The van der Waals surface area contributed by atoms with Crippen molar-refractivity contribution in [3.05, 3.63) is 52.3 Å². The average molecular weight is 271 g/mol. The van der Waals surface area contributed by atoms with E-state index in [0.29, 0.717) is 16.9 Å². The van der Waals surface area contributed by atoms with E-state index < -0.39 is 4.92 Å². The predicted octanol–water partition coefficient (Wildman–Crippen LogP) is 3.21. The zero-order valence-electron chi connectivity index (χ0n) is 10.4. The molecule has 0 aliphatic carbocycles. The molecular weight excluding hydrogens is 262 g/mol. The molecule has 1 aromatic carbocycles. The quantitative estimate of drug-likeness (QED) is 0.536. The molecule has 3 rings (SSSR count). The zero-order chi connectivity index (χ0) is 14.1. The van der Waals surface area contributed by atoms with Gasteiger partial charge in [-0.15, -0.1) is 10.2 Å². The highest BCUT2D eigenvalue weighted by atomic mass is 16.6. The summed E-state index contributed by atoms with van der Waals surface area (Å²) in [4.78, 5) is 10.3. The number of aromatic nitrogens is 2. The maximum atomic E-state index is 10.8. The third kappa shape index (κ3) is 2.05. The Labute approximate surface area is 113 Å². The summed E-state index contributed by atoms with van der Waals surface area (Å²) in [6.07, 6.45) is 1.51. The first kappa shape index (κ1) is 12.1. The molecule has 3 aromatic rings. The Morgan fingerprint density at radius 2 is 2.00 bits per heavy atom. The summed E-state index contributed by atoms with van der Waals surface area (Å²) < 4.78 is 10.6. The summed E-state index contributed by atoms with van der Waals surface area (Å²) in [5.74, 6) is 1.03. The molecule has 100 valence electrons. The van der Waals surface area contributed by atoms with E-state index in [9.17, 15) is 10.1 Å². The standard InChI is InChI=1S/C13H9N3O4/c1-8-7-9(4-5-10(8)16(17)18)12-14-15-13(20-12)11-3-2-6-19-11/h2-7H,1H3. The number of rotatable bonds is 3. The van der Waals surface area contributed by atoms with Crippen LogP contribution in [0.2, 0.25) is 0 Å². The van der Waals surface area contributed by atoms with Gasteiger partial charge in [-0.25, -0.2) is 0 Å². The van der Waals surface area contributed by atoms with Gasteiger partial charge < -0.3 is 8.83 Å². The van der Waals surface area contributed by atoms with E-state index in [4.69, 9.17) is 8.83 Å². The van der Waals surface area contributed by atoms with Gasteiger partial charge >= 0.3 is 0 Å². The van der Waals surface area contributed by atoms with Crippen LogP contribution in [0.1, 0.15) is 5.56 Å². The van der Waals surface area contributed by atoms with Crippen LogP contribution in [-0.4, -0.2) is 15.1 Å². The Kier molecular flexibility index (Phi) is 2.79. The van der Waals surface area contributed by atoms with E-state index in [1.807, 2.05) is 0 Å². The highest BCUT2D eigenvalue weighted by Gasteiger charge is 2.15. The maximum Gasteiger partial charge on any atom is 0.283 e. The molecular formula is C13H9N3O4. The van der Waals surface area contributed by atoms with Crippen molar-refractivity contribution in [2.75, 3.05) is 0 Å². The summed E-state index contributed by atoms with van der Waals surface area (Å²) >= 11 is 0. The van der Waals surface area contributed by atoms with Crippen molar-refractivity contribution in [2.45, 2.75) is 6.92 Å². The molecule has 0 N–H and O–H groups in total. The molecule has 0 bridgehead atoms. The van der Waals surface area contributed by atoms with Gasteiger partial charge in [0, 0.05) is 17.2 Å². The minimum absolute atomic E-state index is 0.0551. The number of nitrogens with zero attached hydrogens (tertiary/aromatic N) is 3. The van der Waals surface area contributed by atoms with Crippen molar-refractivity contribution in [1.29, 1.82) is 0 Å². The molecule has 0 aliphatic rings. The molecule has 0 unspecified atom stereocenters. The Morgan fingerprint density at radius 3 is 2.65 bits per heavy atom. The van der Waals surface area contributed by atoms with E-state index in [-0.39, 0.29) is 17.5 Å². The maximum absolute atomic E-state index is 10.8. The summed E-state index contributed by atoms with van der Waals surface area (Å²) in [7, 11) is 0. The van der Waals surface area contributed by atoms with E-state index >= 15 is 0 Å². The van der Waals surface area contributed by atoms with E-state index in [0.717, 1.165) is 0 Å². The van der Waals surface area contributed by atoms with Crippen molar-refractivity contribution in [3.63, 3.8) is 0 Å². The van der Waals surface area contributed by atoms with Crippen LogP contribution in [0.25, 0.3) is 23.1 Å². The van der Waals surface area contributed by atoms with E-state index in [1.165, 1.54) is 12.3 Å². The molecule has 0 saturated heterocycles. The van der Waals surface area contributed by atoms with Gasteiger partial charge in [0.1, 0.15) is 0 Å². The van der Waals surface area contributed by atoms with Crippen LogP contribution in [0, 0.1) is 17.0 Å². The van der Waals surface area contributed by atoms with E-state index in [1.54, 1.807) is 31.2 Å². The first-order valence-corrected chi connectivity index (χ1v) is 5.78. The van der Waals surface area contributed by atoms with Gasteiger partial charge in [0.2, 0.25) is 5.89 Å². The highest BCUT2D eigenvalue weighted by molar-refractivity contribution is 5.59. The Morgan fingerprint density at radius 1 is 1.20 bits per heavy atom. The summed E-state index contributed by atoms with van der Waals surface area (Å²) in [5.41, 5.74) is 1.21. The fraction of sp³-hybridized carbons (Fsp3) is 0.0769. The second-order valence-electron chi connectivity index (χ2n) is 4.15. The Hall–Kier alpha value is -2.96. The van der Waals surface area contributed by atoms with Gasteiger partial charge in [0.15, 0.2) is 5.76 Å². The van der Waals surface area contributed by atoms with Crippen LogP contribution in [0.4, 0.5) is 5.69 Å². The monoisotopic (exact) mass is 271 g/mol. The summed E-state index contributed by atoms with van der Waals surface area (Å²) in [6.45, 7) is 1.66. The SMILES string of the molecule is Cc1cc(-c2nnc(-c3ccco3)o2)ccc1[N+](=O)[O-]. The number of hydrogen-bond donors (Lipinski definition) is 0. The van der Waals surface area contributed by atoms with Crippen molar-refractivity contribution >= 4 is 5.69 Å². The number of nitro benzene ring substituents is 1. The van der Waals surface area contributed by atoms with Crippen molar-refractivity contribution in [1.82, 2.24) is 10.2 Å². The van der Waals surface area contributed by atoms with Crippen LogP contribution in [-0.2, 0) is 0 Å². The fourth-order valence-corrected chi connectivity index (χ4v) is 1.83. The molecule has 2 aromatic heterocycles. The number of benzene rings is 1. The lowest BCUT2D eigenvalue weighted by atomic mass is 10.1. The second-order valence-corrected chi connectivity index (χ2v) is 4.15. The molecule has 0 spiro atoms. The lowest BCUT2D eigenvalue weighted by molar-refractivity contribution is -0.385. The third-order valence-corrected chi connectivity index (χ3v) is 2.80. The zero-order valence-corrected chi connectivity index (χ0v) is 10.4. The van der Waals surface area contributed by atoms with Crippen molar-refractivity contribution in [3.8, 4) is 23.1 Å². The average Bonchev–Trinajstić information content (AvgIpc) is 3.09. The van der Waals surface area contributed by atoms with Gasteiger partial charge in [-0.1, -0.05) is 0 Å². The predicted molar refractivity (Wildman–Crippen MR) is 68.8 cm³/mol. The largest absolute Gasteiger partial charge is 0.459 e. The first-order valence-electron chi connectivity index (χ1n) is 5.78. The smallest absolute Gasteiger partial charge is 0.283 e. The van der Waals surface area contributed by atoms with Crippen molar-refractivity contribution in [2.24, 2.45) is 0 Å². The molecule has 20 heavy (non-hydrogen) atoms. The minimum Gasteiger partial charge on any atom is -0.459 e. The molecule has 0 atom stereocenters. The van der Waals surface area contributed by atoms with Gasteiger partial charge in [-0.3, -0.25) is 10.1 Å². The molecule has 7 nitrogen and oxygen atoms in total. The molecule has 0 saturated carbocycles. The molecule has 0 fully saturated rings. The molecule has 0 aliphatic heterocycles. The summed E-state index contributed by atoms with van der Waals surface area (Å²) in [6, 6.07) is 8.05. The number of nitro groups is 1. The fourth-order valence-electron chi connectivity index (χ4n) is 1.83. The van der Waals surface area contributed by atoms with E-state index in [2.05, 4.69) is 10.2 Å². The van der Waals surface area contributed by atoms with Crippen LogP contribution < -0.4 is 0 Å². The Bertz CT molecular complexity index is 762. The van der Waals surface area contributed by atoms with Crippen LogP contribution in [0.5, 0.6) is 0 Å². The van der Waals surface area contributed by atoms with Gasteiger partial charge in [0.05, 0.1) is 11.2 Å². The highest BCUT2D eigenvalue weighted by Crippen LogP contribution is 2.27. The molecule has 0 radical (unpaired) electrons. The Balaban J connectivity index is 1.98. The van der Waals surface area contributed by atoms with Gasteiger partial charge in [-0.05, 0) is 31.2 Å². The van der Waals surface area contributed by atoms with Gasteiger partial charge in [-0.2, -0.15) is 0 Å². The lowest BCUT2D eigenvalue weighted by Gasteiger charge is -1.98. The number of aryl methyl sites for hydroxylation is 1. The normalized spacial score (nSPS) is 10.7. The molecule has 7 heteroatoms. The first-order chi connectivity index (χ1) is 9.65. The van der Waals surface area contributed by atoms with Crippen molar-refractivity contribution < 1.29 is 13.8 Å².